The number of fused-ring (bicyclic) bond motifs is 1. The van der Waals surface area contributed by atoms with Crippen molar-refractivity contribution < 1.29 is 0 Å². The van der Waals surface area contributed by atoms with Crippen molar-refractivity contribution in [3.05, 3.63) is 65.0 Å². The summed E-state index contributed by atoms with van der Waals surface area (Å²) in [5.41, 5.74) is 2.14. The molecule has 1 heteroatoms. The van der Waals surface area contributed by atoms with Gasteiger partial charge in [-0.25, -0.2) is 0 Å². The minimum absolute atomic E-state index is 0.909. The monoisotopic (exact) mass is 219 g/mol. The Morgan fingerprint density at radius 1 is 0.765 bits per heavy atom. The summed E-state index contributed by atoms with van der Waals surface area (Å²) in [5.74, 6) is 0. The standard InChI is InChI=1S/C16H13N/c1-2-8-15(9-3-1)17-16-11-10-13-6-4-5-7-14(13)12-16/h1-10,12H,11H2. The van der Waals surface area contributed by atoms with Gasteiger partial charge < -0.3 is 0 Å². The van der Waals surface area contributed by atoms with E-state index >= 15 is 0 Å². The van der Waals surface area contributed by atoms with E-state index in [0.717, 1.165) is 17.8 Å². The molecular weight excluding hydrogens is 206 g/mol. The van der Waals surface area contributed by atoms with E-state index in [2.05, 4.69) is 41.4 Å². The van der Waals surface area contributed by atoms with Crippen LogP contribution in [0.3, 0.4) is 0 Å². The molecule has 17 heavy (non-hydrogen) atoms. The maximum Gasteiger partial charge on any atom is 0.0633 e. The topological polar surface area (TPSA) is 12.4 Å². The maximum atomic E-state index is 4.65. The van der Waals surface area contributed by atoms with E-state index in [1.54, 1.807) is 0 Å². The van der Waals surface area contributed by atoms with E-state index in [-0.39, 0.29) is 0 Å². The zero-order valence-electron chi connectivity index (χ0n) is 9.51. The fourth-order valence-electron chi connectivity index (χ4n) is 2.03. The van der Waals surface area contributed by atoms with Crippen molar-refractivity contribution >= 4 is 23.6 Å². The van der Waals surface area contributed by atoms with Crippen LogP contribution in [0.4, 0.5) is 5.69 Å². The summed E-state index contributed by atoms with van der Waals surface area (Å²) in [6.45, 7) is 0. The first-order valence-electron chi connectivity index (χ1n) is 5.81. The van der Waals surface area contributed by atoms with Crippen molar-refractivity contribution in [2.24, 2.45) is 4.99 Å². The van der Waals surface area contributed by atoms with E-state index in [0.29, 0.717) is 0 Å². The second kappa shape index (κ2) is 4.38. The highest BCUT2D eigenvalue weighted by molar-refractivity contribution is 6.14. The minimum Gasteiger partial charge on any atom is -0.253 e. The van der Waals surface area contributed by atoms with Gasteiger partial charge in [-0.05, 0) is 28.6 Å². The highest BCUT2D eigenvalue weighted by Gasteiger charge is 1.99. The maximum absolute atomic E-state index is 4.65. The van der Waals surface area contributed by atoms with Crippen molar-refractivity contribution in [1.29, 1.82) is 0 Å². The molecule has 3 rings (SSSR count). The van der Waals surface area contributed by atoms with Gasteiger partial charge >= 0.3 is 0 Å². The summed E-state index contributed by atoms with van der Waals surface area (Å²) < 4.78 is 0. The van der Waals surface area contributed by atoms with E-state index in [1.807, 2.05) is 30.3 Å². The summed E-state index contributed by atoms with van der Waals surface area (Å²) in [5, 5.41) is 2.56. The molecule has 0 aliphatic heterocycles. The Morgan fingerprint density at radius 3 is 2.29 bits per heavy atom. The number of para-hydroxylation sites is 1. The zero-order chi connectivity index (χ0) is 11.5. The van der Waals surface area contributed by atoms with Crippen LogP contribution in [0.1, 0.15) is 6.42 Å². The molecular formula is C16H13N. The van der Waals surface area contributed by atoms with Crippen molar-refractivity contribution in [3.8, 4) is 0 Å². The average Bonchev–Trinajstić information content (AvgIpc) is 2.40. The lowest BCUT2D eigenvalue weighted by Crippen LogP contribution is -2.28. The molecule has 0 saturated heterocycles. The molecule has 0 radical (unpaired) electrons. The molecule has 0 amide bonds. The molecule has 0 atom stereocenters. The van der Waals surface area contributed by atoms with Gasteiger partial charge in [0.15, 0.2) is 0 Å². The number of hydrogen-bond acceptors (Lipinski definition) is 1. The molecule has 82 valence electrons. The normalized spacial score (nSPS) is 15.9. The van der Waals surface area contributed by atoms with Crippen molar-refractivity contribution in [2.45, 2.75) is 6.42 Å². The molecule has 0 unspecified atom stereocenters. The molecule has 0 N–H and O–H groups in total. The summed E-state index contributed by atoms with van der Waals surface area (Å²) in [6, 6.07) is 18.5. The number of aliphatic imine (C=N–C) groups is 1. The zero-order valence-corrected chi connectivity index (χ0v) is 9.51. The Balaban J connectivity index is 2.04. The van der Waals surface area contributed by atoms with Crippen LogP contribution in [0.25, 0.3) is 12.2 Å². The molecule has 0 heterocycles. The van der Waals surface area contributed by atoms with E-state index in [4.69, 9.17) is 0 Å². The second-order valence-corrected chi connectivity index (χ2v) is 4.12. The third kappa shape index (κ3) is 2.18. The van der Waals surface area contributed by atoms with E-state index < -0.39 is 0 Å². The van der Waals surface area contributed by atoms with Gasteiger partial charge in [0.25, 0.3) is 0 Å². The van der Waals surface area contributed by atoms with Crippen LogP contribution in [-0.4, -0.2) is 5.71 Å². The van der Waals surface area contributed by atoms with Gasteiger partial charge in [0, 0.05) is 12.1 Å². The third-order valence-electron chi connectivity index (χ3n) is 2.88. The van der Waals surface area contributed by atoms with Crippen LogP contribution in [0, 0.1) is 0 Å². The lowest BCUT2D eigenvalue weighted by atomic mass is 10.1. The Hall–Kier alpha value is -2.15. The predicted octanol–water partition coefficient (Wildman–Crippen LogP) is 2.42. The smallest absolute Gasteiger partial charge is 0.0633 e. The molecule has 2 aromatic carbocycles. The number of benzene rings is 2. The van der Waals surface area contributed by atoms with Crippen LogP contribution >= 0.6 is 0 Å². The molecule has 0 aromatic heterocycles. The first-order valence-corrected chi connectivity index (χ1v) is 5.81. The number of rotatable bonds is 1. The van der Waals surface area contributed by atoms with Crippen molar-refractivity contribution in [2.75, 3.05) is 0 Å². The van der Waals surface area contributed by atoms with Crippen LogP contribution < -0.4 is 10.4 Å². The van der Waals surface area contributed by atoms with Gasteiger partial charge in [-0.3, -0.25) is 4.99 Å². The SMILES string of the molecule is C1=c2ccccc2=CC(=Nc2ccccc2)C1. The first-order chi connectivity index (χ1) is 8.42. The Bertz CT molecular complexity index is 666. The van der Waals surface area contributed by atoms with E-state index in [9.17, 15) is 0 Å². The van der Waals surface area contributed by atoms with Gasteiger partial charge in [0.2, 0.25) is 0 Å². The van der Waals surface area contributed by atoms with Crippen molar-refractivity contribution in [3.63, 3.8) is 0 Å². The Morgan fingerprint density at radius 2 is 1.47 bits per heavy atom. The molecule has 1 aliphatic carbocycles. The largest absolute Gasteiger partial charge is 0.253 e. The number of nitrogens with zero attached hydrogens (tertiary/aromatic N) is 1. The van der Waals surface area contributed by atoms with Crippen molar-refractivity contribution in [1.82, 2.24) is 0 Å². The fraction of sp³-hybridized carbons (Fsp3) is 0.0625. The van der Waals surface area contributed by atoms with E-state index in [1.165, 1.54) is 10.4 Å². The lowest BCUT2D eigenvalue weighted by Gasteiger charge is -2.03. The summed E-state index contributed by atoms with van der Waals surface area (Å²) in [4.78, 5) is 4.65. The third-order valence-corrected chi connectivity index (χ3v) is 2.88. The fourth-order valence-corrected chi connectivity index (χ4v) is 2.03. The Labute approximate surface area is 100 Å². The highest BCUT2D eigenvalue weighted by Crippen LogP contribution is 2.12. The van der Waals surface area contributed by atoms with Crippen LogP contribution in [0.15, 0.2) is 59.6 Å². The highest BCUT2D eigenvalue weighted by atomic mass is 14.7. The van der Waals surface area contributed by atoms with Crippen LogP contribution in [-0.2, 0) is 0 Å². The van der Waals surface area contributed by atoms with Crippen LogP contribution in [0.2, 0.25) is 0 Å². The molecule has 2 aromatic rings. The quantitative estimate of drug-likeness (QED) is 0.698. The summed E-state index contributed by atoms with van der Waals surface area (Å²) in [7, 11) is 0. The molecule has 1 aliphatic rings. The number of hydrogen-bond donors (Lipinski definition) is 0. The minimum atomic E-state index is 0.909. The average molecular weight is 219 g/mol. The lowest BCUT2D eigenvalue weighted by molar-refractivity contribution is 1.41. The molecule has 1 nitrogen and oxygen atoms in total. The Kier molecular flexibility index (Phi) is 2.59. The molecule has 0 saturated carbocycles. The van der Waals surface area contributed by atoms with Crippen LogP contribution in [0.5, 0.6) is 0 Å². The summed E-state index contributed by atoms with van der Waals surface area (Å²) >= 11 is 0. The van der Waals surface area contributed by atoms with Gasteiger partial charge in [0.05, 0.1) is 5.69 Å². The summed E-state index contributed by atoms with van der Waals surface area (Å²) in [6.07, 6.45) is 5.31. The van der Waals surface area contributed by atoms with Gasteiger partial charge in [-0.2, -0.15) is 0 Å². The second-order valence-electron chi connectivity index (χ2n) is 4.12. The molecule has 0 bridgehead atoms. The van der Waals surface area contributed by atoms with Gasteiger partial charge in [0.1, 0.15) is 0 Å². The molecule has 0 fully saturated rings. The first kappa shape index (κ1) is 10.0. The van der Waals surface area contributed by atoms with Gasteiger partial charge in [-0.15, -0.1) is 0 Å². The molecule has 0 spiro atoms. The predicted molar refractivity (Wildman–Crippen MR) is 72.8 cm³/mol. The van der Waals surface area contributed by atoms with Gasteiger partial charge in [-0.1, -0.05) is 48.5 Å².